The molecular weight excluding hydrogens is 370 g/mol. The van der Waals surface area contributed by atoms with Gasteiger partial charge in [0.25, 0.3) is 5.56 Å². The normalized spacial score (nSPS) is 16.0. The molecule has 0 unspecified atom stereocenters. The number of nitrogens with zero attached hydrogens (tertiary/aromatic N) is 4. The lowest BCUT2D eigenvalue weighted by atomic mass is 9.96. The highest BCUT2D eigenvalue weighted by Crippen LogP contribution is 2.31. The fourth-order valence-corrected chi connectivity index (χ4v) is 3.89. The number of halogens is 1. The fourth-order valence-electron chi connectivity index (χ4n) is 3.28. The molecule has 124 valence electrons. The summed E-state index contributed by atoms with van der Waals surface area (Å²) in [7, 11) is 1.66. The van der Waals surface area contributed by atoms with Crippen LogP contribution >= 0.6 is 15.9 Å². The van der Waals surface area contributed by atoms with Crippen molar-refractivity contribution < 1.29 is 0 Å². The summed E-state index contributed by atoms with van der Waals surface area (Å²) in [6, 6.07) is 8.12. The lowest BCUT2D eigenvalue weighted by Crippen LogP contribution is -2.35. The predicted molar refractivity (Wildman–Crippen MR) is 97.5 cm³/mol. The first-order chi connectivity index (χ1) is 11.6. The molecule has 0 radical (unpaired) electrons. The quantitative estimate of drug-likeness (QED) is 0.733. The molecule has 24 heavy (non-hydrogen) atoms. The number of benzene rings is 1. The van der Waals surface area contributed by atoms with Gasteiger partial charge in [0.15, 0.2) is 0 Å². The van der Waals surface area contributed by atoms with E-state index in [4.69, 9.17) is 4.98 Å². The topological polar surface area (TPSA) is 66.8 Å². The summed E-state index contributed by atoms with van der Waals surface area (Å²) in [5.41, 5.74) is 2.88. The first kappa shape index (κ1) is 15.4. The Hall–Kier alpha value is -2.15. The third kappa shape index (κ3) is 2.62. The largest absolute Gasteiger partial charge is 0.369 e. The molecule has 1 aliphatic rings. The molecule has 3 heterocycles. The molecule has 0 spiro atoms. The van der Waals surface area contributed by atoms with Gasteiger partial charge in [0.2, 0.25) is 0 Å². The third-order valence-corrected chi connectivity index (χ3v) is 5.44. The molecule has 0 aliphatic carbocycles. The van der Waals surface area contributed by atoms with Crippen molar-refractivity contribution in [3.8, 4) is 0 Å². The minimum absolute atomic E-state index is 0.105. The summed E-state index contributed by atoms with van der Waals surface area (Å²) in [6.07, 6.45) is 3.76. The standard InChI is InChI=1S/C17H18BrN5O/c1-22-17(24)15(18)14(10-19-22)23-8-6-11(7-9-23)16-20-12-4-2-3-5-13(12)21-16/h2-5,10-11H,6-9H2,1H3,(H,20,21). The van der Waals surface area contributed by atoms with Crippen LogP contribution in [0.1, 0.15) is 24.6 Å². The van der Waals surface area contributed by atoms with Crippen LogP contribution in [0.25, 0.3) is 11.0 Å². The Morgan fingerprint density at radius 1 is 1.25 bits per heavy atom. The molecule has 0 amide bonds. The maximum atomic E-state index is 12.0. The highest BCUT2D eigenvalue weighted by atomic mass is 79.9. The highest BCUT2D eigenvalue weighted by Gasteiger charge is 2.25. The Bertz CT molecular complexity index is 907. The zero-order chi connectivity index (χ0) is 16.7. The van der Waals surface area contributed by atoms with Crippen LogP contribution in [0.4, 0.5) is 5.69 Å². The zero-order valence-corrected chi connectivity index (χ0v) is 15.0. The molecule has 1 fully saturated rings. The van der Waals surface area contributed by atoms with Gasteiger partial charge >= 0.3 is 0 Å². The average Bonchev–Trinajstić information content (AvgIpc) is 3.04. The minimum Gasteiger partial charge on any atom is -0.369 e. The van der Waals surface area contributed by atoms with E-state index < -0.39 is 0 Å². The maximum absolute atomic E-state index is 12.0. The van der Waals surface area contributed by atoms with Crippen molar-refractivity contribution >= 4 is 32.7 Å². The first-order valence-corrected chi connectivity index (χ1v) is 8.84. The van der Waals surface area contributed by atoms with Gasteiger partial charge in [-0.2, -0.15) is 5.10 Å². The summed E-state index contributed by atoms with van der Waals surface area (Å²) in [5, 5.41) is 4.13. The summed E-state index contributed by atoms with van der Waals surface area (Å²) in [4.78, 5) is 22.4. The van der Waals surface area contributed by atoms with E-state index >= 15 is 0 Å². The van der Waals surface area contributed by atoms with E-state index in [2.05, 4.69) is 37.0 Å². The summed E-state index contributed by atoms with van der Waals surface area (Å²) in [6.45, 7) is 1.77. The molecule has 4 rings (SSSR count). The van der Waals surface area contributed by atoms with Crippen molar-refractivity contribution in [1.82, 2.24) is 19.7 Å². The molecule has 7 heteroatoms. The van der Waals surface area contributed by atoms with Gasteiger partial charge in [0.1, 0.15) is 10.3 Å². The monoisotopic (exact) mass is 387 g/mol. The SMILES string of the molecule is Cn1ncc(N2CCC(c3nc4ccccc4[nH]3)CC2)c(Br)c1=O. The van der Waals surface area contributed by atoms with Crippen LogP contribution < -0.4 is 10.5 Å². The van der Waals surface area contributed by atoms with E-state index in [1.54, 1.807) is 13.2 Å². The number of fused-ring (bicyclic) bond motifs is 1. The predicted octanol–water partition coefficient (Wildman–Crippen LogP) is 2.80. The van der Waals surface area contributed by atoms with Crippen LogP contribution in [-0.4, -0.2) is 32.8 Å². The Balaban J connectivity index is 1.52. The molecular formula is C17H18BrN5O. The Morgan fingerprint density at radius 3 is 2.75 bits per heavy atom. The number of H-pyrrole nitrogens is 1. The van der Waals surface area contributed by atoms with Gasteiger partial charge in [-0.25, -0.2) is 9.67 Å². The lowest BCUT2D eigenvalue weighted by molar-refractivity contribution is 0.488. The van der Waals surface area contributed by atoms with E-state index in [-0.39, 0.29) is 5.56 Å². The average molecular weight is 388 g/mol. The number of aryl methyl sites for hydroxylation is 1. The number of nitrogens with one attached hydrogen (secondary N) is 1. The number of anilines is 1. The molecule has 1 aliphatic heterocycles. The zero-order valence-electron chi connectivity index (χ0n) is 13.4. The van der Waals surface area contributed by atoms with E-state index in [9.17, 15) is 4.79 Å². The van der Waals surface area contributed by atoms with Gasteiger partial charge < -0.3 is 9.88 Å². The van der Waals surface area contributed by atoms with Crippen molar-refractivity contribution in [2.24, 2.45) is 7.05 Å². The second-order valence-corrected chi connectivity index (χ2v) is 6.97. The Morgan fingerprint density at radius 2 is 2.00 bits per heavy atom. The smallest absolute Gasteiger partial charge is 0.282 e. The highest BCUT2D eigenvalue weighted by molar-refractivity contribution is 9.10. The first-order valence-electron chi connectivity index (χ1n) is 8.05. The van der Waals surface area contributed by atoms with Crippen molar-refractivity contribution in [3.63, 3.8) is 0 Å². The Labute approximate surface area is 147 Å². The molecule has 1 saturated heterocycles. The van der Waals surface area contributed by atoms with Crippen LogP contribution in [0, 0.1) is 0 Å². The third-order valence-electron chi connectivity index (χ3n) is 4.69. The second-order valence-electron chi connectivity index (χ2n) is 6.17. The summed E-state index contributed by atoms with van der Waals surface area (Å²) in [5.74, 6) is 1.49. The number of rotatable bonds is 2. The van der Waals surface area contributed by atoms with Crippen LogP contribution in [0.3, 0.4) is 0 Å². The van der Waals surface area contributed by atoms with Gasteiger partial charge in [0.05, 0.1) is 22.9 Å². The molecule has 0 atom stereocenters. The molecule has 0 saturated carbocycles. The van der Waals surface area contributed by atoms with Crippen LogP contribution in [0.15, 0.2) is 39.7 Å². The van der Waals surface area contributed by atoms with Crippen LogP contribution in [-0.2, 0) is 7.05 Å². The molecule has 3 aromatic rings. The molecule has 2 aromatic heterocycles. The minimum atomic E-state index is -0.105. The summed E-state index contributed by atoms with van der Waals surface area (Å²) >= 11 is 3.42. The molecule has 0 bridgehead atoms. The summed E-state index contributed by atoms with van der Waals surface area (Å²) < 4.78 is 1.93. The van der Waals surface area contributed by atoms with Gasteiger partial charge in [-0.15, -0.1) is 0 Å². The van der Waals surface area contributed by atoms with Gasteiger partial charge in [-0.05, 0) is 40.9 Å². The van der Waals surface area contributed by atoms with Crippen molar-refractivity contribution in [2.45, 2.75) is 18.8 Å². The van der Waals surface area contributed by atoms with Gasteiger partial charge in [-0.3, -0.25) is 4.79 Å². The van der Waals surface area contributed by atoms with E-state index in [0.717, 1.165) is 48.5 Å². The van der Waals surface area contributed by atoms with Gasteiger partial charge in [-0.1, -0.05) is 12.1 Å². The van der Waals surface area contributed by atoms with Crippen molar-refractivity contribution in [3.05, 3.63) is 51.1 Å². The number of aromatic amines is 1. The van der Waals surface area contributed by atoms with Crippen LogP contribution in [0.2, 0.25) is 0 Å². The van der Waals surface area contributed by atoms with Gasteiger partial charge in [0, 0.05) is 26.1 Å². The lowest BCUT2D eigenvalue weighted by Gasteiger charge is -2.33. The number of imidazole rings is 1. The van der Waals surface area contributed by atoms with Crippen molar-refractivity contribution in [2.75, 3.05) is 18.0 Å². The number of hydrogen-bond donors (Lipinski definition) is 1. The second kappa shape index (κ2) is 6.05. The molecule has 6 nitrogen and oxygen atoms in total. The number of piperidine rings is 1. The number of hydrogen-bond acceptors (Lipinski definition) is 4. The molecule has 1 aromatic carbocycles. The maximum Gasteiger partial charge on any atom is 0.282 e. The Kier molecular flexibility index (Phi) is 3.88. The number of para-hydroxylation sites is 2. The fraction of sp³-hybridized carbons (Fsp3) is 0.353. The van der Waals surface area contributed by atoms with Crippen molar-refractivity contribution in [1.29, 1.82) is 0 Å². The van der Waals surface area contributed by atoms with Crippen LogP contribution in [0.5, 0.6) is 0 Å². The van der Waals surface area contributed by atoms with E-state index in [1.807, 2.05) is 18.2 Å². The van der Waals surface area contributed by atoms with E-state index in [0.29, 0.717) is 10.4 Å². The molecule has 1 N–H and O–H groups in total. The van der Waals surface area contributed by atoms with E-state index in [1.165, 1.54) is 4.68 Å². The number of aromatic nitrogens is 4.